The van der Waals surface area contributed by atoms with Gasteiger partial charge in [-0.3, -0.25) is 4.90 Å². The number of benzene rings is 1. The van der Waals surface area contributed by atoms with Crippen LogP contribution in [0.1, 0.15) is 43.8 Å². The predicted octanol–water partition coefficient (Wildman–Crippen LogP) is 2.75. The Morgan fingerprint density at radius 2 is 1.95 bits per heavy atom. The number of fused-ring (bicyclic) bond motifs is 2. The van der Waals surface area contributed by atoms with Crippen molar-refractivity contribution in [2.45, 2.75) is 56.4 Å². The number of nitrogens with zero attached hydrogens (tertiary/aromatic N) is 1. The molecule has 2 N–H and O–H groups in total. The van der Waals surface area contributed by atoms with Gasteiger partial charge in [0, 0.05) is 23.7 Å². The maximum absolute atomic E-state index is 10.3. The van der Waals surface area contributed by atoms with Crippen LogP contribution >= 0.6 is 11.6 Å². The summed E-state index contributed by atoms with van der Waals surface area (Å²) in [6.45, 7) is 0.899. The topological polar surface area (TPSA) is 43.7 Å². The molecule has 2 fully saturated rings. The van der Waals surface area contributed by atoms with E-state index in [1.807, 2.05) is 24.3 Å². The van der Waals surface area contributed by atoms with Gasteiger partial charge in [0.2, 0.25) is 0 Å². The van der Waals surface area contributed by atoms with E-state index >= 15 is 0 Å². The monoisotopic (exact) mass is 295 g/mol. The molecule has 3 atom stereocenters. The van der Waals surface area contributed by atoms with Gasteiger partial charge in [-0.05, 0) is 49.8 Å². The van der Waals surface area contributed by atoms with Crippen LogP contribution in [0.2, 0.25) is 5.02 Å². The van der Waals surface area contributed by atoms with Crippen molar-refractivity contribution in [3.8, 4) is 0 Å². The summed E-state index contributed by atoms with van der Waals surface area (Å²) in [5, 5.41) is 20.8. The van der Waals surface area contributed by atoms with Crippen molar-refractivity contribution >= 4 is 11.6 Å². The lowest BCUT2D eigenvalue weighted by atomic mass is 9.98. The Bertz CT molecular complexity index is 454. The molecule has 20 heavy (non-hydrogen) atoms. The number of aliphatic hydroxyl groups excluding tert-OH is 2. The molecular weight excluding hydrogens is 274 g/mol. The molecule has 1 aromatic rings. The normalized spacial score (nSPS) is 31.4. The van der Waals surface area contributed by atoms with Crippen molar-refractivity contribution in [1.82, 2.24) is 4.90 Å². The van der Waals surface area contributed by atoms with E-state index in [0.717, 1.165) is 31.4 Å². The summed E-state index contributed by atoms with van der Waals surface area (Å²) < 4.78 is 0. The highest BCUT2D eigenvalue weighted by Crippen LogP contribution is 2.36. The number of aliphatic hydroxyl groups is 2. The molecule has 2 heterocycles. The van der Waals surface area contributed by atoms with Crippen molar-refractivity contribution in [2.24, 2.45) is 0 Å². The second-order valence-corrected chi connectivity index (χ2v) is 6.54. The first-order valence-electron chi connectivity index (χ1n) is 7.51. The third-order valence-electron chi connectivity index (χ3n) is 4.75. The molecule has 3 nitrogen and oxygen atoms in total. The summed E-state index contributed by atoms with van der Waals surface area (Å²) in [5.41, 5.74) is 0.891. The molecule has 0 aliphatic carbocycles. The quantitative estimate of drug-likeness (QED) is 0.898. The van der Waals surface area contributed by atoms with Crippen molar-refractivity contribution in [1.29, 1.82) is 0 Å². The van der Waals surface area contributed by atoms with Crippen LogP contribution in [0.25, 0.3) is 0 Å². The molecule has 3 rings (SSSR count). The van der Waals surface area contributed by atoms with Gasteiger partial charge < -0.3 is 10.2 Å². The Morgan fingerprint density at radius 1 is 1.25 bits per heavy atom. The molecule has 2 aliphatic heterocycles. The zero-order chi connectivity index (χ0) is 14.1. The first-order chi connectivity index (χ1) is 9.63. The van der Waals surface area contributed by atoms with E-state index < -0.39 is 6.10 Å². The average Bonchev–Trinajstić information content (AvgIpc) is 2.66. The van der Waals surface area contributed by atoms with E-state index in [0.29, 0.717) is 17.1 Å². The van der Waals surface area contributed by atoms with Gasteiger partial charge in [0.15, 0.2) is 0 Å². The van der Waals surface area contributed by atoms with E-state index in [-0.39, 0.29) is 6.10 Å². The minimum Gasteiger partial charge on any atom is -0.393 e. The van der Waals surface area contributed by atoms with Crippen molar-refractivity contribution < 1.29 is 10.2 Å². The van der Waals surface area contributed by atoms with Crippen molar-refractivity contribution in [2.75, 3.05) is 6.54 Å². The van der Waals surface area contributed by atoms with Crippen LogP contribution in [-0.4, -0.2) is 39.8 Å². The standard InChI is InChI=1S/C16H22ClNO2/c17-12-3-1-2-11(8-12)16(20)6-7-18-13-4-5-14(18)10-15(19)9-13/h1-3,8,13-16,19-20H,4-7,9-10H2. The molecule has 0 aromatic heterocycles. The average molecular weight is 296 g/mol. The molecule has 0 amide bonds. The van der Waals surface area contributed by atoms with Gasteiger partial charge in [-0.15, -0.1) is 0 Å². The van der Waals surface area contributed by atoms with E-state index in [1.165, 1.54) is 12.8 Å². The number of piperidine rings is 1. The molecule has 0 radical (unpaired) electrons. The fourth-order valence-corrected chi connectivity index (χ4v) is 3.96. The van der Waals surface area contributed by atoms with E-state index in [2.05, 4.69) is 4.90 Å². The molecule has 1 aromatic carbocycles. The van der Waals surface area contributed by atoms with Gasteiger partial charge in [-0.25, -0.2) is 0 Å². The maximum Gasteiger partial charge on any atom is 0.0802 e. The summed E-state index contributed by atoms with van der Waals surface area (Å²) >= 11 is 5.96. The lowest BCUT2D eigenvalue weighted by Crippen LogP contribution is -2.45. The van der Waals surface area contributed by atoms with Crippen molar-refractivity contribution in [3.63, 3.8) is 0 Å². The summed E-state index contributed by atoms with van der Waals surface area (Å²) in [5.74, 6) is 0. The van der Waals surface area contributed by atoms with Crippen molar-refractivity contribution in [3.05, 3.63) is 34.9 Å². The molecule has 2 saturated heterocycles. The minimum absolute atomic E-state index is 0.124. The first kappa shape index (κ1) is 14.3. The van der Waals surface area contributed by atoms with E-state index in [1.54, 1.807) is 0 Å². The van der Waals surface area contributed by atoms with Crippen LogP contribution in [-0.2, 0) is 0 Å². The largest absolute Gasteiger partial charge is 0.393 e. The molecule has 0 spiro atoms. The summed E-state index contributed by atoms with van der Waals surface area (Å²) in [7, 11) is 0. The van der Waals surface area contributed by atoms with Crippen LogP contribution in [0, 0.1) is 0 Å². The van der Waals surface area contributed by atoms with Crippen LogP contribution in [0.3, 0.4) is 0 Å². The maximum atomic E-state index is 10.3. The SMILES string of the molecule is OC1CC2CCC(C1)N2CCC(O)c1cccc(Cl)c1. The van der Waals surface area contributed by atoms with Gasteiger partial charge >= 0.3 is 0 Å². The second kappa shape index (κ2) is 6.02. The summed E-state index contributed by atoms with van der Waals surface area (Å²) in [6, 6.07) is 8.48. The third kappa shape index (κ3) is 3.01. The Kier molecular flexibility index (Phi) is 4.32. The third-order valence-corrected chi connectivity index (χ3v) is 4.99. The Labute approximate surface area is 125 Å². The highest BCUT2D eigenvalue weighted by atomic mass is 35.5. The fraction of sp³-hybridized carbons (Fsp3) is 0.625. The Balaban J connectivity index is 1.57. The Morgan fingerprint density at radius 3 is 2.60 bits per heavy atom. The van der Waals surface area contributed by atoms with Crippen LogP contribution in [0.4, 0.5) is 0 Å². The van der Waals surface area contributed by atoms with E-state index in [4.69, 9.17) is 11.6 Å². The van der Waals surface area contributed by atoms with E-state index in [9.17, 15) is 10.2 Å². The molecule has 2 bridgehead atoms. The molecule has 3 unspecified atom stereocenters. The molecule has 4 heteroatoms. The fourth-order valence-electron chi connectivity index (χ4n) is 3.76. The number of hydrogen-bond acceptors (Lipinski definition) is 3. The first-order valence-corrected chi connectivity index (χ1v) is 7.88. The van der Waals surface area contributed by atoms with Gasteiger partial charge in [-0.2, -0.15) is 0 Å². The minimum atomic E-state index is -0.458. The van der Waals surface area contributed by atoms with Gasteiger partial charge in [0.05, 0.1) is 12.2 Å². The van der Waals surface area contributed by atoms with Crippen LogP contribution < -0.4 is 0 Å². The lowest BCUT2D eigenvalue weighted by molar-refractivity contribution is 0.0266. The molecular formula is C16H22ClNO2. The second-order valence-electron chi connectivity index (χ2n) is 6.11. The number of rotatable bonds is 4. The summed E-state index contributed by atoms with van der Waals surface area (Å²) in [4.78, 5) is 2.49. The van der Waals surface area contributed by atoms with Crippen LogP contribution in [0.15, 0.2) is 24.3 Å². The summed E-state index contributed by atoms with van der Waals surface area (Å²) in [6.07, 6.45) is 4.31. The number of hydrogen-bond donors (Lipinski definition) is 2. The van der Waals surface area contributed by atoms with Gasteiger partial charge in [0.1, 0.15) is 0 Å². The zero-order valence-corrected chi connectivity index (χ0v) is 12.3. The highest BCUT2D eigenvalue weighted by molar-refractivity contribution is 6.30. The Hall–Kier alpha value is -0.610. The van der Waals surface area contributed by atoms with Gasteiger partial charge in [-0.1, -0.05) is 23.7 Å². The van der Waals surface area contributed by atoms with Gasteiger partial charge in [0.25, 0.3) is 0 Å². The molecule has 110 valence electrons. The smallest absolute Gasteiger partial charge is 0.0802 e. The predicted molar refractivity (Wildman–Crippen MR) is 79.8 cm³/mol. The molecule has 2 aliphatic rings. The molecule has 0 saturated carbocycles. The lowest BCUT2D eigenvalue weighted by Gasteiger charge is -2.37. The highest BCUT2D eigenvalue weighted by Gasteiger charge is 2.39. The van der Waals surface area contributed by atoms with Crippen LogP contribution in [0.5, 0.6) is 0 Å². The number of halogens is 1. The zero-order valence-electron chi connectivity index (χ0n) is 11.6.